The first kappa shape index (κ1) is 14.5. The maximum absolute atomic E-state index is 12.7. The van der Waals surface area contributed by atoms with E-state index in [1.807, 2.05) is 4.90 Å². The van der Waals surface area contributed by atoms with Crippen molar-refractivity contribution in [3.8, 4) is 0 Å². The van der Waals surface area contributed by atoms with Crippen molar-refractivity contribution in [2.75, 3.05) is 26.3 Å². The SMILES string of the molecule is Cc1ccccc1[C@@H]1C[C@H](C)N(C(=O)[C@@H]2COCCN2)C1. The molecule has 1 amide bonds. The summed E-state index contributed by atoms with van der Waals surface area (Å²) in [5.74, 6) is 0.646. The average molecular weight is 288 g/mol. The van der Waals surface area contributed by atoms with Gasteiger partial charge in [-0.05, 0) is 31.4 Å². The van der Waals surface area contributed by atoms with E-state index in [9.17, 15) is 4.79 Å². The molecule has 21 heavy (non-hydrogen) atoms. The summed E-state index contributed by atoms with van der Waals surface area (Å²) in [5.41, 5.74) is 2.70. The van der Waals surface area contributed by atoms with Crippen molar-refractivity contribution in [1.82, 2.24) is 10.2 Å². The van der Waals surface area contributed by atoms with Crippen LogP contribution in [0.5, 0.6) is 0 Å². The number of nitrogens with zero attached hydrogens (tertiary/aromatic N) is 1. The summed E-state index contributed by atoms with van der Waals surface area (Å²) < 4.78 is 5.42. The number of rotatable bonds is 2. The molecule has 2 fully saturated rings. The molecule has 114 valence electrons. The van der Waals surface area contributed by atoms with Crippen molar-refractivity contribution >= 4 is 5.91 Å². The number of ether oxygens (including phenoxy) is 1. The fraction of sp³-hybridized carbons (Fsp3) is 0.588. The van der Waals surface area contributed by atoms with Crippen LogP contribution in [0.25, 0.3) is 0 Å². The molecule has 3 atom stereocenters. The van der Waals surface area contributed by atoms with Crippen molar-refractivity contribution in [3.63, 3.8) is 0 Å². The standard InChI is InChI=1S/C17H24N2O2/c1-12-5-3-4-6-15(12)14-9-13(2)19(10-14)17(20)16-11-21-8-7-18-16/h3-6,13-14,16,18H,7-11H2,1-2H3/t13-,14+,16-/m0/s1. The van der Waals surface area contributed by atoms with E-state index in [1.54, 1.807) is 0 Å². The Morgan fingerprint density at radius 1 is 1.38 bits per heavy atom. The third-order valence-corrected chi connectivity index (χ3v) is 4.71. The van der Waals surface area contributed by atoms with Gasteiger partial charge in [-0.2, -0.15) is 0 Å². The smallest absolute Gasteiger partial charge is 0.242 e. The summed E-state index contributed by atoms with van der Waals surface area (Å²) in [7, 11) is 0. The quantitative estimate of drug-likeness (QED) is 0.900. The highest BCUT2D eigenvalue weighted by atomic mass is 16.5. The number of aryl methyl sites for hydroxylation is 1. The molecule has 0 aliphatic carbocycles. The first-order valence-corrected chi connectivity index (χ1v) is 7.84. The number of hydrogen-bond acceptors (Lipinski definition) is 3. The molecular weight excluding hydrogens is 264 g/mol. The maximum atomic E-state index is 12.7. The Bertz CT molecular complexity index is 511. The molecule has 0 aromatic heterocycles. The van der Waals surface area contributed by atoms with Gasteiger partial charge in [-0.15, -0.1) is 0 Å². The number of nitrogens with one attached hydrogen (secondary N) is 1. The predicted molar refractivity (Wildman–Crippen MR) is 82.3 cm³/mol. The van der Waals surface area contributed by atoms with Gasteiger partial charge >= 0.3 is 0 Å². The van der Waals surface area contributed by atoms with Crippen molar-refractivity contribution in [2.45, 2.75) is 38.3 Å². The molecule has 1 aromatic carbocycles. The molecule has 1 aromatic rings. The molecule has 2 aliphatic heterocycles. The Morgan fingerprint density at radius 3 is 2.90 bits per heavy atom. The summed E-state index contributed by atoms with van der Waals surface area (Å²) >= 11 is 0. The van der Waals surface area contributed by atoms with Crippen molar-refractivity contribution in [2.24, 2.45) is 0 Å². The second-order valence-electron chi connectivity index (χ2n) is 6.21. The van der Waals surface area contributed by atoms with Crippen LogP contribution in [0.3, 0.4) is 0 Å². The van der Waals surface area contributed by atoms with Crippen molar-refractivity contribution in [3.05, 3.63) is 35.4 Å². The second kappa shape index (κ2) is 6.16. The predicted octanol–water partition coefficient (Wildman–Crippen LogP) is 1.69. The van der Waals surface area contributed by atoms with Gasteiger partial charge < -0.3 is 15.0 Å². The second-order valence-corrected chi connectivity index (χ2v) is 6.21. The lowest BCUT2D eigenvalue weighted by Crippen LogP contribution is -2.53. The van der Waals surface area contributed by atoms with E-state index in [0.29, 0.717) is 25.2 Å². The fourth-order valence-corrected chi connectivity index (χ4v) is 3.53. The molecule has 1 N–H and O–H groups in total. The number of morpholine rings is 1. The molecule has 0 spiro atoms. The van der Waals surface area contributed by atoms with Crippen LogP contribution in [0.4, 0.5) is 0 Å². The molecule has 4 nitrogen and oxygen atoms in total. The van der Waals surface area contributed by atoms with E-state index < -0.39 is 0 Å². The molecule has 2 aliphatic rings. The van der Waals surface area contributed by atoms with Gasteiger partial charge in [0.2, 0.25) is 5.91 Å². The topological polar surface area (TPSA) is 41.6 Å². The highest BCUT2D eigenvalue weighted by molar-refractivity contribution is 5.83. The molecule has 2 saturated heterocycles. The van der Waals surface area contributed by atoms with Crippen molar-refractivity contribution in [1.29, 1.82) is 0 Å². The molecule has 0 bridgehead atoms. The lowest BCUT2D eigenvalue weighted by Gasteiger charge is -2.29. The summed E-state index contributed by atoms with van der Waals surface area (Å²) in [6, 6.07) is 8.64. The Labute approximate surface area is 126 Å². The summed E-state index contributed by atoms with van der Waals surface area (Å²) in [5, 5.41) is 3.27. The lowest BCUT2D eigenvalue weighted by molar-refractivity contribution is -0.136. The van der Waals surface area contributed by atoms with Gasteiger partial charge in [-0.1, -0.05) is 24.3 Å². The Morgan fingerprint density at radius 2 is 2.19 bits per heavy atom. The monoisotopic (exact) mass is 288 g/mol. The van der Waals surface area contributed by atoms with Crippen LogP contribution in [0.2, 0.25) is 0 Å². The number of amides is 1. The van der Waals surface area contributed by atoms with Crippen LogP contribution < -0.4 is 5.32 Å². The number of carbonyl (C=O) groups is 1. The maximum Gasteiger partial charge on any atom is 0.242 e. The average Bonchev–Trinajstić information content (AvgIpc) is 2.89. The Kier molecular flexibility index (Phi) is 4.27. The van der Waals surface area contributed by atoms with Crippen LogP contribution in [0.15, 0.2) is 24.3 Å². The highest BCUT2D eigenvalue weighted by Gasteiger charge is 2.37. The fourth-order valence-electron chi connectivity index (χ4n) is 3.53. The third kappa shape index (κ3) is 2.97. The lowest BCUT2D eigenvalue weighted by atomic mass is 9.93. The van der Waals surface area contributed by atoms with E-state index in [-0.39, 0.29) is 11.9 Å². The summed E-state index contributed by atoms with van der Waals surface area (Å²) in [6.07, 6.45) is 1.05. The summed E-state index contributed by atoms with van der Waals surface area (Å²) in [4.78, 5) is 14.7. The van der Waals surface area contributed by atoms with Gasteiger partial charge in [0.15, 0.2) is 0 Å². The number of likely N-dealkylation sites (tertiary alicyclic amines) is 1. The largest absolute Gasteiger partial charge is 0.378 e. The van der Waals surface area contributed by atoms with Gasteiger partial charge in [0.1, 0.15) is 6.04 Å². The molecule has 3 rings (SSSR count). The molecule has 4 heteroatoms. The normalized spacial score (nSPS) is 29.6. The zero-order chi connectivity index (χ0) is 14.8. The van der Waals surface area contributed by atoms with Crippen LogP contribution in [0, 0.1) is 6.92 Å². The van der Waals surface area contributed by atoms with E-state index in [1.165, 1.54) is 11.1 Å². The van der Waals surface area contributed by atoms with Gasteiger partial charge in [0.25, 0.3) is 0 Å². The van der Waals surface area contributed by atoms with Crippen LogP contribution in [0.1, 0.15) is 30.4 Å². The molecule has 0 radical (unpaired) electrons. The van der Waals surface area contributed by atoms with Crippen LogP contribution >= 0.6 is 0 Å². The van der Waals surface area contributed by atoms with Crippen molar-refractivity contribution < 1.29 is 9.53 Å². The van der Waals surface area contributed by atoms with Gasteiger partial charge in [0, 0.05) is 25.0 Å². The third-order valence-electron chi connectivity index (χ3n) is 4.71. The van der Waals surface area contributed by atoms with Crippen LogP contribution in [-0.4, -0.2) is 49.2 Å². The van der Waals surface area contributed by atoms with Gasteiger partial charge in [0.05, 0.1) is 13.2 Å². The van der Waals surface area contributed by atoms with E-state index in [2.05, 4.69) is 43.4 Å². The van der Waals surface area contributed by atoms with E-state index in [0.717, 1.165) is 19.5 Å². The minimum Gasteiger partial charge on any atom is -0.378 e. The molecule has 0 saturated carbocycles. The number of carbonyl (C=O) groups excluding carboxylic acids is 1. The Hall–Kier alpha value is -1.39. The molecule has 0 unspecified atom stereocenters. The molecular formula is C17H24N2O2. The van der Waals surface area contributed by atoms with E-state index >= 15 is 0 Å². The minimum absolute atomic E-state index is 0.170. The first-order chi connectivity index (χ1) is 10.2. The Balaban J connectivity index is 1.71. The molecule has 2 heterocycles. The van der Waals surface area contributed by atoms with Gasteiger partial charge in [-0.25, -0.2) is 0 Å². The van der Waals surface area contributed by atoms with Crippen LogP contribution in [-0.2, 0) is 9.53 Å². The zero-order valence-electron chi connectivity index (χ0n) is 12.8. The number of hydrogen-bond donors (Lipinski definition) is 1. The minimum atomic E-state index is -0.170. The van der Waals surface area contributed by atoms with E-state index in [4.69, 9.17) is 4.74 Å². The van der Waals surface area contributed by atoms with Gasteiger partial charge in [-0.3, -0.25) is 4.79 Å². The highest BCUT2D eigenvalue weighted by Crippen LogP contribution is 2.33. The zero-order valence-corrected chi connectivity index (χ0v) is 12.8. The number of benzene rings is 1. The summed E-state index contributed by atoms with van der Waals surface area (Å²) in [6.45, 7) is 7.09. The first-order valence-electron chi connectivity index (χ1n) is 7.84.